The maximum absolute atomic E-state index is 12.2. The van der Waals surface area contributed by atoms with Gasteiger partial charge in [0.1, 0.15) is 0 Å². The molecular weight excluding hydrogens is 360 g/mol. The molecule has 0 aromatic heterocycles. The van der Waals surface area contributed by atoms with Crippen LogP contribution in [0.5, 0.6) is 0 Å². The molecule has 4 nitrogen and oxygen atoms in total. The molecule has 3 aromatic rings. The van der Waals surface area contributed by atoms with Crippen molar-refractivity contribution >= 4 is 35.3 Å². The zero-order chi connectivity index (χ0) is 20.5. The minimum Gasteiger partial charge on any atom is -0.322 e. The quantitative estimate of drug-likeness (QED) is 0.569. The van der Waals surface area contributed by atoms with Crippen LogP contribution >= 0.6 is 0 Å². The summed E-state index contributed by atoms with van der Waals surface area (Å²) in [6, 6.07) is 24.6. The third-order valence-electron chi connectivity index (χ3n) is 4.22. The molecule has 0 aliphatic rings. The first-order valence-corrected chi connectivity index (χ1v) is 9.29. The van der Waals surface area contributed by atoms with Gasteiger partial charge in [0, 0.05) is 23.5 Å². The summed E-state index contributed by atoms with van der Waals surface area (Å²) >= 11 is 0. The third kappa shape index (κ3) is 6.33. The van der Waals surface area contributed by atoms with E-state index in [2.05, 4.69) is 10.6 Å². The van der Waals surface area contributed by atoms with Crippen LogP contribution in [-0.2, 0) is 9.59 Å². The van der Waals surface area contributed by atoms with E-state index in [9.17, 15) is 9.59 Å². The van der Waals surface area contributed by atoms with Crippen molar-refractivity contribution in [3.8, 4) is 0 Å². The van der Waals surface area contributed by atoms with E-state index in [1.807, 2.05) is 73.7 Å². The van der Waals surface area contributed by atoms with Crippen LogP contribution < -0.4 is 10.6 Å². The molecule has 0 unspecified atom stereocenters. The average molecular weight is 382 g/mol. The van der Waals surface area contributed by atoms with E-state index in [1.165, 1.54) is 12.2 Å². The summed E-state index contributed by atoms with van der Waals surface area (Å²) in [7, 11) is 0. The molecule has 2 amide bonds. The van der Waals surface area contributed by atoms with E-state index in [0.717, 1.165) is 16.7 Å². The molecule has 144 valence electrons. The second-order valence-electron chi connectivity index (χ2n) is 6.50. The van der Waals surface area contributed by atoms with Gasteiger partial charge in [0.15, 0.2) is 0 Å². The van der Waals surface area contributed by atoms with Crippen LogP contribution in [-0.4, -0.2) is 11.8 Å². The minimum atomic E-state index is -0.237. The van der Waals surface area contributed by atoms with E-state index in [-0.39, 0.29) is 11.8 Å². The Bertz CT molecular complexity index is 1040. The Kier molecular flexibility index (Phi) is 6.74. The highest BCUT2D eigenvalue weighted by molar-refractivity contribution is 6.04. The van der Waals surface area contributed by atoms with E-state index in [0.29, 0.717) is 11.4 Å². The van der Waals surface area contributed by atoms with Gasteiger partial charge in [-0.25, -0.2) is 0 Å². The monoisotopic (exact) mass is 382 g/mol. The maximum atomic E-state index is 12.2. The van der Waals surface area contributed by atoms with E-state index in [4.69, 9.17) is 0 Å². The number of benzene rings is 3. The van der Waals surface area contributed by atoms with Gasteiger partial charge >= 0.3 is 0 Å². The first-order valence-electron chi connectivity index (χ1n) is 9.29. The van der Waals surface area contributed by atoms with Crippen LogP contribution in [0.1, 0.15) is 16.7 Å². The number of carbonyl (C=O) groups excluding carboxylic acids is 2. The molecule has 0 bridgehead atoms. The van der Waals surface area contributed by atoms with E-state index < -0.39 is 0 Å². The van der Waals surface area contributed by atoms with Crippen LogP contribution in [0, 0.1) is 6.92 Å². The van der Waals surface area contributed by atoms with E-state index in [1.54, 1.807) is 24.3 Å². The summed E-state index contributed by atoms with van der Waals surface area (Å²) in [5.74, 6) is -0.469. The van der Waals surface area contributed by atoms with Gasteiger partial charge in [0.25, 0.3) is 0 Å². The summed E-state index contributed by atoms with van der Waals surface area (Å²) < 4.78 is 0. The van der Waals surface area contributed by atoms with Crippen LogP contribution in [0.4, 0.5) is 11.4 Å². The molecule has 0 spiro atoms. The average Bonchev–Trinajstić information content (AvgIpc) is 2.75. The smallest absolute Gasteiger partial charge is 0.248 e. The number of carbonyl (C=O) groups is 2. The summed E-state index contributed by atoms with van der Waals surface area (Å²) in [4.78, 5) is 24.4. The highest BCUT2D eigenvalue weighted by Crippen LogP contribution is 2.20. The predicted molar refractivity (Wildman–Crippen MR) is 119 cm³/mol. The summed E-state index contributed by atoms with van der Waals surface area (Å²) in [5.41, 5.74) is 4.07. The summed E-state index contributed by atoms with van der Waals surface area (Å²) in [6.45, 7) is 1.90. The van der Waals surface area contributed by atoms with Gasteiger partial charge in [0.05, 0.1) is 0 Å². The minimum absolute atomic E-state index is 0.232. The molecule has 0 saturated heterocycles. The van der Waals surface area contributed by atoms with Gasteiger partial charge in [-0.3, -0.25) is 9.59 Å². The van der Waals surface area contributed by atoms with Crippen molar-refractivity contribution in [1.82, 2.24) is 0 Å². The van der Waals surface area contributed by atoms with Gasteiger partial charge in [-0.15, -0.1) is 0 Å². The Morgan fingerprint density at radius 1 is 0.690 bits per heavy atom. The fourth-order valence-electron chi connectivity index (χ4n) is 2.66. The number of anilines is 2. The highest BCUT2D eigenvalue weighted by atomic mass is 16.2. The predicted octanol–water partition coefficient (Wildman–Crippen LogP) is 5.30. The van der Waals surface area contributed by atoms with Crippen molar-refractivity contribution < 1.29 is 9.59 Å². The molecule has 0 saturated carbocycles. The van der Waals surface area contributed by atoms with E-state index >= 15 is 0 Å². The number of hydrogen-bond donors (Lipinski definition) is 2. The Labute approximate surface area is 170 Å². The number of hydrogen-bond acceptors (Lipinski definition) is 2. The molecule has 0 radical (unpaired) electrons. The van der Waals surface area contributed by atoms with Crippen LogP contribution in [0.15, 0.2) is 91.0 Å². The molecule has 0 heterocycles. The van der Waals surface area contributed by atoms with Crippen molar-refractivity contribution in [3.63, 3.8) is 0 Å². The van der Waals surface area contributed by atoms with Crippen LogP contribution in [0.2, 0.25) is 0 Å². The lowest BCUT2D eigenvalue weighted by molar-refractivity contribution is -0.112. The Morgan fingerprint density at radius 2 is 1.21 bits per heavy atom. The summed E-state index contributed by atoms with van der Waals surface area (Å²) in [6.07, 6.45) is 6.48. The second-order valence-corrected chi connectivity index (χ2v) is 6.50. The second kappa shape index (κ2) is 9.85. The fraction of sp³-hybridized carbons (Fsp3) is 0.0400. The zero-order valence-electron chi connectivity index (χ0n) is 16.1. The Balaban J connectivity index is 1.63. The zero-order valence-corrected chi connectivity index (χ0v) is 16.1. The molecule has 3 rings (SSSR count). The molecule has 0 aliphatic carbocycles. The number of amides is 2. The van der Waals surface area contributed by atoms with Gasteiger partial charge in [-0.2, -0.15) is 0 Å². The molecule has 0 aliphatic heterocycles. The van der Waals surface area contributed by atoms with Crippen LogP contribution in [0.3, 0.4) is 0 Å². The SMILES string of the molecule is Cc1ccc(NC(=O)/C=C/c2ccccc2)cc1NC(=O)/C=C\c1ccccc1. The third-order valence-corrected chi connectivity index (χ3v) is 4.22. The normalized spacial score (nSPS) is 10.9. The van der Waals surface area contributed by atoms with Gasteiger partial charge in [-0.05, 0) is 47.9 Å². The largest absolute Gasteiger partial charge is 0.322 e. The Hall–Kier alpha value is -3.92. The maximum Gasteiger partial charge on any atom is 0.248 e. The van der Waals surface area contributed by atoms with Crippen molar-refractivity contribution in [2.45, 2.75) is 6.92 Å². The van der Waals surface area contributed by atoms with Crippen LogP contribution in [0.25, 0.3) is 12.2 Å². The molecular formula is C25H22N2O2. The van der Waals surface area contributed by atoms with Crippen molar-refractivity contribution in [1.29, 1.82) is 0 Å². The van der Waals surface area contributed by atoms with Gasteiger partial charge in [-0.1, -0.05) is 66.7 Å². The fourth-order valence-corrected chi connectivity index (χ4v) is 2.66. The number of rotatable bonds is 6. The standard InChI is InChI=1S/C25H22N2O2/c1-19-12-15-22(26-24(28)16-13-20-8-4-2-5-9-20)18-23(19)27-25(29)17-14-21-10-6-3-7-11-21/h2-18H,1H3,(H,26,28)(H,27,29)/b16-13+,17-14-. The molecule has 2 N–H and O–H groups in total. The molecule has 0 fully saturated rings. The number of nitrogens with one attached hydrogen (secondary N) is 2. The highest BCUT2D eigenvalue weighted by Gasteiger charge is 2.05. The lowest BCUT2D eigenvalue weighted by Crippen LogP contribution is -2.11. The molecule has 29 heavy (non-hydrogen) atoms. The lowest BCUT2D eigenvalue weighted by atomic mass is 10.1. The van der Waals surface area contributed by atoms with Crippen molar-refractivity contribution in [3.05, 3.63) is 108 Å². The van der Waals surface area contributed by atoms with Crippen molar-refractivity contribution in [2.24, 2.45) is 0 Å². The lowest BCUT2D eigenvalue weighted by Gasteiger charge is -2.10. The first kappa shape index (κ1) is 19.8. The Morgan fingerprint density at radius 3 is 1.76 bits per heavy atom. The topological polar surface area (TPSA) is 58.2 Å². The van der Waals surface area contributed by atoms with Gasteiger partial charge in [0.2, 0.25) is 11.8 Å². The molecule has 3 aromatic carbocycles. The summed E-state index contributed by atoms with van der Waals surface area (Å²) in [5, 5.41) is 5.67. The molecule has 0 atom stereocenters. The van der Waals surface area contributed by atoms with Gasteiger partial charge < -0.3 is 10.6 Å². The molecule has 4 heteroatoms. The number of aryl methyl sites for hydroxylation is 1. The van der Waals surface area contributed by atoms with Crippen molar-refractivity contribution in [2.75, 3.05) is 10.6 Å². The first-order chi connectivity index (χ1) is 14.1.